The van der Waals surface area contributed by atoms with E-state index in [0.29, 0.717) is 23.5 Å². The number of hydrogen-bond acceptors (Lipinski definition) is 8. The molecule has 0 unspecified atom stereocenters. The van der Waals surface area contributed by atoms with Gasteiger partial charge in [0.15, 0.2) is 11.5 Å². The molecule has 12 heteroatoms. The normalized spacial score (nSPS) is 13.0. The summed E-state index contributed by atoms with van der Waals surface area (Å²) in [6.07, 6.45) is 0.503. The number of aryl methyl sites for hydroxylation is 1. The standard InChI is InChI=1S/C25H31N3O7S2/c1-4-17-15-36-25(26-17)20(14-16-8-10-18(11-9-16)28-37(31,32)33)27-23(30)13-12-21(29)19-6-5-7-22(34-2)24(19)35-3/h5-11,15,20-21,28-29H,4,12-14H2,1-3H3,(H,27,30)(H,31,32,33)/t20-,21-/m0/s1. The Kier molecular flexibility index (Phi) is 9.86. The number of carbonyl (C=O) groups is 1. The van der Waals surface area contributed by atoms with Gasteiger partial charge in [-0.25, -0.2) is 4.98 Å². The van der Waals surface area contributed by atoms with E-state index in [1.54, 1.807) is 30.3 Å². The Hall–Kier alpha value is -3.19. The summed E-state index contributed by atoms with van der Waals surface area (Å²) >= 11 is 1.45. The maximum atomic E-state index is 12.9. The summed E-state index contributed by atoms with van der Waals surface area (Å²) in [6, 6.07) is 11.3. The van der Waals surface area contributed by atoms with Gasteiger partial charge in [-0.15, -0.1) is 11.3 Å². The molecule has 200 valence electrons. The van der Waals surface area contributed by atoms with Crippen molar-refractivity contribution in [1.82, 2.24) is 10.3 Å². The highest BCUT2D eigenvalue weighted by atomic mass is 32.2. The highest BCUT2D eigenvalue weighted by molar-refractivity contribution is 7.87. The average Bonchev–Trinajstić information content (AvgIpc) is 3.36. The molecule has 0 aliphatic carbocycles. The van der Waals surface area contributed by atoms with Crippen LogP contribution >= 0.6 is 11.3 Å². The summed E-state index contributed by atoms with van der Waals surface area (Å²) in [6.45, 7) is 2.00. The first kappa shape index (κ1) is 28.4. The molecule has 0 aliphatic heterocycles. The molecule has 1 aromatic heterocycles. The predicted molar refractivity (Wildman–Crippen MR) is 141 cm³/mol. The molecule has 2 aromatic carbocycles. The second-order valence-corrected chi connectivity index (χ2v) is 10.3. The number of benzene rings is 2. The van der Waals surface area contributed by atoms with Crippen molar-refractivity contribution < 1.29 is 32.3 Å². The Bertz CT molecular complexity index is 1290. The number of nitrogens with one attached hydrogen (secondary N) is 2. The summed E-state index contributed by atoms with van der Waals surface area (Å²) < 4.78 is 43.7. The van der Waals surface area contributed by atoms with Crippen molar-refractivity contribution in [1.29, 1.82) is 0 Å². The molecule has 0 spiro atoms. The van der Waals surface area contributed by atoms with Crippen molar-refractivity contribution >= 4 is 33.2 Å². The quantitative estimate of drug-likeness (QED) is 0.235. The van der Waals surface area contributed by atoms with Gasteiger partial charge in [-0.1, -0.05) is 31.2 Å². The molecule has 37 heavy (non-hydrogen) atoms. The third-order valence-electron chi connectivity index (χ3n) is 5.64. The van der Waals surface area contributed by atoms with Gasteiger partial charge in [-0.05, 0) is 43.0 Å². The number of para-hydroxylation sites is 1. The van der Waals surface area contributed by atoms with E-state index in [2.05, 4.69) is 10.3 Å². The van der Waals surface area contributed by atoms with E-state index in [-0.39, 0.29) is 24.4 Å². The lowest BCUT2D eigenvalue weighted by molar-refractivity contribution is -0.122. The first-order chi connectivity index (χ1) is 17.6. The summed E-state index contributed by atoms with van der Waals surface area (Å²) in [5, 5.41) is 16.5. The molecule has 0 bridgehead atoms. The van der Waals surface area contributed by atoms with Crippen LogP contribution < -0.4 is 19.5 Å². The van der Waals surface area contributed by atoms with E-state index in [9.17, 15) is 18.3 Å². The van der Waals surface area contributed by atoms with Crippen molar-refractivity contribution in [3.8, 4) is 11.5 Å². The van der Waals surface area contributed by atoms with Gasteiger partial charge in [0.1, 0.15) is 5.01 Å². The van der Waals surface area contributed by atoms with Crippen LogP contribution in [0.3, 0.4) is 0 Å². The zero-order valence-electron chi connectivity index (χ0n) is 20.8. The molecule has 1 heterocycles. The molecular weight excluding hydrogens is 518 g/mol. The molecule has 4 N–H and O–H groups in total. The van der Waals surface area contributed by atoms with E-state index in [0.717, 1.165) is 22.7 Å². The van der Waals surface area contributed by atoms with E-state index in [1.807, 2.05) is 17.0 Å². The van der Waals surface area contributed by atoms with E-state index in [4.69, 9.17) is 14.0 Å². The fourth-order valence-electron chi connectivity index (χ4n) is 3.80. The van der Waals surface area contributed by atoms with E-state index < -0.39 is 22.4 Å². The molecule has 3 aromatic rings. The zero-order chi connectivity index (χ0) is 27.0. The molecule has 0 saturated carbocycles. The number of carbonyl (C=O) groups excluding carboxylic acids is 1. The van der Waals surface area contributed by atoms with Crippen LogP contribution in [-0.4, -0.2) is 43.2 Å². The minimum absolute atomic E-state index is 0.0707. The molecule has 1 amide bonds. The van der Waals surface area contributed by atoms with Gasteiger partial charge < -0.3 is 19.9 Å². The first-order valence-corrected chi connectivity index (χ1v) is 13.9. The van der Waals surface area contributed by atoms with Crippen LogP contribution in [0.15, 0.2) is 47.8 Å². The fraction of sp³-hybridized carbons (Fsp3) is 0.360. The number of anilines is 1. The smallest absolute Gasteiger partial charge is 0.357 e. The number of aliphatic hydroxyl groups excluding tert-OH is 1. The lowest BCUT2D eigenvalue weighted by atomic mass is 10.0. The van der Waals surface area contributed by atoms with Crippen LogP contribution in [0, 0.1) is 0 Å². The molecule has 0 aliphatic rings. The first-order valence-electron chi connectivity index (χ1n) is 11.6. The average molecular weight is 550 g/mol. The Morgan fingerprint density at radius 1 is 1.14 bits per heavy atom. The van der Waals surface area contributed by atoms with Crippen LogP contribution in [-0.2, 0) is 27.9 Å². The lowest BCUT2D eigenvalue weighted by Crippen LogP contribution is -2.30. The third kappa shape index (κ3) is 8.15. The lowest BCUT2D eigenvalue weighted by Gasteiger charge is -2.19. The number of ether oxygens (including phenoxy) is 2. The number of thiazole rings is 1. The molecule has 0 saturated heterocycles. The minimum Gasteiger partial charge on any atom is -0.493 e. The van der Waals surface area contributed by atoms with Gasteiger partial charge in [-0.3, -0.25) is 14.1 Å². The van der Waals surface area contributed by atoms with Crippen LogP contribution in [0.4, 0.5) is 5.69 Å². The molecule has 0 fully saturated rings. The fourth-order valence-corrected chi connectivity index (χ4v) is 5.19. The molecule has 0 radical (unpaired) electrons. The highest BCUT2D eigenvalue weighted by Gasteiger charge is 2.22. The highest BCUT2D eigenvalue weighted by Crippen LogP contribution is 2.36. The topological polar surface area (TPSA) is 147 Å². The van der Waals surface area contributed by atoms with Gasteiger partial charge in [-0.2, -0.15) is 8.42 Å². The molecule has 2 atom stereocenters. The molecular formula is C25H31N3O7S2. The monoisotopic (exact) mass is 549 g/mol. The Labute approximate surface area is 220 Å². The third-order valence-corrected chi connectivity index (χ3v) is 7.14. The van der Waals surface area contributed by atoms with Crippen LogP contribution in [0.25, 0.3) is 0 Å². The van der Waals surface area contributed by atoms with Gasteiger partial charge >= 0.3 is 10.3 Å². The second kappa shape index (κ2) is 12.9. The van der Waals surface area contributed by atoms with Crippen molar-refractivity contribution in [3.05, 3.63) is 69.7 Å². The number of methoxy groups -OCH3 is 2. The van der Waals surface area contributed by atoms with Gasteiger partial charge in [0, 0.05) is 17.4 Å². The van der Waals surface area contributed by atoms with Crippen molar-refractivity contribution in [2.75, 3.05) is 18.9 Å². The summed E-state index contributed by atoms with van der Waals surface area (Å²) in [4.78, 5) is 17.5. The number of aliphatic hydroxyl groups is 1. The van der Waals surface area contributed by atoms with E-state index >= 15 is 0 Å². The van der Waals surface area contributed by atoms with Crippen LogP contribution in [0.5, 0.6) is 11.5 Å². The SMILES string of the molecule is CCc1csc([C@H](Cc2ccc(NS(=O)(=O)O)cc2)NC(=O)CC[C@H](O)c2cccc(OC)c2OC)n1. The number of aromatic nitrogens is 1. The Balaban J connectivity index is 1.70. The zero-order valence-corrected chi connectivity index (χ0v) is 22.4. The van der Waals surface area contributed by atoms with Gasteiger partial charge in [0.05, 0.1) is 37.7 Å². The van der Waals surface area contributed by atoms with Crippen molar-refractivity contribution in [2.24, 2.45) is 0 Å². The number of rotatable bonds is 13. The largest absolute Gasteiger partial charge is 0.493 e. The summed E-state index contributed by atoms with van der Waals surface area (Å²) in [7, 11) is -1.35. The van der Waals surface area contributed by atoms with E-state index in [1.165, 1.54) is 37.7 Å². The maximum absolute atomic E-state index is 12.9. The predicted octanol–water partition coefficient (Wildman–Crippen LogP) is 3.85. The van der Waals surface area contributed by atoms with Gasteiger partial charge in [0.25, 0.3) is 0 Å². The molecule has 3 rings (SSSR count). The summed E-state index contributed by atoms with van der Waals surface area (Å²) in [5.74, 6) is 0.679. The Morgan fingerprint density at radius 3 is 2.46 bits per heavy atom. The van der Waals surface area contributed by atoms with Crippen molar-refractivity contribution in [2.45, 2.75) is 44.8 Å². The van der Waals surface area contributed by atoms with Crippen molar-refractivity contribution in [3.63, 3.8) is 0 Å². The maximum Gasteiger partial charge on any atom is 0.357 e. The van der Waals surface area contributed by atoms with Crippen LogP contribution in [0.2, 0.25) is 0 Å². The number of hydrogen-bond donors (Lipinski definition) is 4. The second-order valence-electron chi connectivity index (χ2n) is 8.27. The summed E-state index contributed by atoms with van der Waals surface area (Å²) in [5.41, 5.74) is 2.52. The number of nitrogens with zero attached hydrogens (tertiary/aromatic N) is 1. The van der Waals surface area contributed by atoms with Crippen LogP contribution in [0.1, 0.15) is 53.7 Å². The van der Waals surface area contributed by atoms with Gasteiger partial charge in [0.2, 0.25) is 5.91 Å². The minimum atomic E-state index is -4.36. The number of amides is 1. The Morgan fingerprint density at radius 2 is 1.86 bits per heavy atom. The molecule has 10 nitrogen and oxygen atoms in total.